The summed E-state index contributed by atoms with van der Waals surface area (Å²) < 4.78 is 4.56. The maximum atomic E-state index is 5.52. The van der Waals surface area contributed by atoms with Gasteiger partial charge in [0.25, 0.3) is 0 Å². The summed E-state index contributed by atoms with van der Waals surface area (Å²) in [6, 6.07) is 75.3. The number of rotatable bonds is 6. The van der Waals surface area contributed by atoms with Gasteiger partial charge in [0.1, 0.15) is 5.69 Å². The van der Waals surface area contributed by atoms with E-state index in [-0.39, 0.29) is 0 Å². The molecule has 5 heterocycles. The summed E-state index contributed by atoms with van der Waals surface area (Å²) in [5, 5.41) is 12.7. The van der Waals surface area contributed by atoms with Gasteiger partial charge in [-0.1, -0.05) is 170 Å². The highest BCUT2D eigenvalue weighted by atomic mass is 15.2. The number of aromatic nitrogens is 5. The van der Waals surface area contributed by atoms with E-state index in [1.165, 1.54) is 43.5 Å². The summed E-state index contributed by atoms with van der Waals surface area (Å²) in [6.45, 7) is 0. The Morgan fingerprint density at radius 2 is 0.871 bits per heavy atom. The van der Waals surface area contributed by atoms with Gasteiger partial charge in [-0.05, 0) is 53.4 Å². The minimum atomic E-state index is 0.656. The molecule has 0 bridgehead atoms. The fraction of sp³-hybridized carbons (Fsp3) is 0. The number of fused-ring (bicyclic) bond motifs is 9. The van der Waals surface area contributed by atoms with Crippen molar-refractivity contribution in [1.29, 1.82) is 0 Å². The molecule has 5 nitrogen and oxygen atoms in total. The number of para-hydroxylation sites is 2. The molecular formula is C57H35N5. The summed E-state index contributed by atoms with van der Waals surface area (Å²) in [4.78, 5) is 10.7. The van der Waals surface area contributed by atoms with E-state index >= 15 is 0 Å². The maximum absolute atomic E-state index is 5.52. The highest BCUT2D eigenvalue weighted by Gasteiger charge is 2.23. The highest BCUT2D eigenvalue weighted by molar-refractivity contribution is 6.24. The van der Waals surface area contributed by atoms with Crippen LogP contribution in [0.3, 0.4) is 0 Å². The van der Waals surface area contributed by atoms with Gasteiger partial charge in [0.2, 0.25) is 0 Å². The third-order valence-electron chi connectivity index (χ3n) is 12.4. The van der Waals surface area contributed by atoms with Crippen LogP contribution < -0.4 is 0 Å². The summed E-state index contributed by atoms with van der Waals surface area (Å²) in [7, 11) is 0. The Morgan fingerprint density at radius 1 is 0.339 bits per heavy atom. The Hall–Kier alpha value is -8.41. The molecule has 0 amide bonds. The molecule has 0 fully saturated rings. The largest absolute Gasteiger partial charge is 0.308 e. The topological polar surface area (TPSA) is 47.5 Å². The van der Waals surface area contributed by atoms with Gasteiger partial charge in [-0.3, -0.25) is 0 Å². The van der Waals surface area contributed by atoms with Gasteiger partial charge in [0, 0.05) is 60.3 Å². The van der Waals surface area contributed by atoms with Crippen LogP contribution in [0.1, 0.15) is 0 Å². The van der Waals surface area contributed by atoms with E-state index in [9.17, 15) is 0 Å². The molecule has 0 N–H and O–H groups in total. The van der Waals surface area contributed by atoms with Crippen LogP contribution in [0.15, 0.2) is 212 Å². The quantitative estimate of drug-likeness (QED) is 0.169. The number of nitrogens with zero attached hydrogens (tertiary/aromatic N) is 5. The van der Waals surface area contributed by atoms with Crippen molar-refractivity contribution in [2.24, 2.45) is 0 Å². The average Bonchev–Trinajstić information content (AvgIpc) is 4.03. The first kappa shape index (κ1) is 34.5. The van der Waals surface area contributed by atoms with Gasteiger partial charge in [0.15, 0.2) is 5.82 Å². The molecule has 0 atom stereocenters. The lowest BCUT2D eigenvalue weighted by Gasteiger charge is -2.11. The van der Waals surface area contributed by atoms with Crippen LogP contribution in [0, 0.1) is 0 Å². The average molecular weight is 790 g/mol. The number of hydrogen-bond donors (Lipinski definition) is 0. The van der Waals surface area contributed by atoms with Crippen molar-refractivity contribution >= 4 is 54.4 Å². The van der Waals surface area contributed by atoms with Crippen molar-refractivity contribution in [3.63, 3.8) is 0 Å². The Labute approximate surface area is 356 Å². The molecule has 0 saturated carbocycles. The van der Waals surface area contributed by atoms with E-state index in [0.29, 0.717) is 5.82 Å². The first-order valence-electron chi connectivity index (χ1n) is 21.0. The van der Waals surface area contributed by atoms with Crippen molar-refractivity contribution in [2.75, 3.05) is 0 Å². The molecule has 8 aromatic carbocycles. The molecule has 13 aromatic rings. The smallest absolute Gasteiger partial charge is 0.160 e. The summed E-state index contributed by atoms with van der Waals surface area (Å²) in [5.74, 6) is 0.656. The zero-order valence-electron chi connectivity index (χ0n) is 33.4. The number of hydrogen-bond acceptors (Lipinski definition) is 3. The molecule has 0 saturated heterocycles. The van der Waals surface area contributed by atoms with Crippen molar-refractivity contribution in [2.45, 2.75) is 0 Å². The van der Waals surface area contributed by atoms with Crippen molar-refractivity contribution in [3.05, 3.63) is 212 Å². The first-order chi connectivity index (χ1) is 30.7. The monoisotopic (exact) mass is 789 g/mol. The molecule has 0 unspecified atom stereocenters. The third-order valence-corrected chi connectivity index (χ3v) is 12.4. The minimum Gasteiger partial charge on any atom is -0.308 e. The molecule has 0 aliphatic carbocycles. The van der Waals surface area contributed by atoms with Gasteiger partial charge < -0.3 is 4.40 Å². The molecular weight excluding hydrogens is 755 g/mol. The molecule has 13 rings (SSSR count). The van der Waals surface area contributed by atoms with Crippen LogP contribution in [-0.2, 0) is 0 Å². The van der Waals surface area contributed by atoms with Crippen LogP contribution in [0.25, 0.3) is 122 Å². The zero-order chi connectivity index (χ0) is 40.7. The molecule has 288 valence electrons. The van der Waals surface area contributed by atoms with E-state index in [0.717, 1.165) is 72.6 Å². The molecule has 0 spiro atoms. The fourth-order valence-corrected chi connectivity index (χ4v) is 9.67. The van der Waals surface area contributed by atoms with Gasteiger partial charge >= 0.3 is 0 Å². The van der Waals surface area contributed by atoms with E-state index in [1.54, 1.807) is 0 Å². The lowest BCUT2D eigenvalue weighted by molar-refractivity contribution is 0.979. The Kier molecular flexibility index (Phi) is 7.54. The van der Waals surface area contributed by atoms with Gasteiger partial charge in [-0.2, -0.15) is 5.10 Å². The highest BCUT2D eigenvalue weighted by Crippen LogP contribution is 2.44. The molecule has 5 heteroatoms. The van der Waals surface area contributed by atoms with Gasteiger partial charge in [-0.15, -0.1) is 0 Å². The summed E-state index contributed by atoms with van der Waals surface area (Å²) in [6.07, 6.45) is 0. The molecule has 0 radical (unpaired) electrons. The van der Waals surface area contributed by atoms with Crippen molar-refractivity contribution in [3.8, 4) is 67.5 Å². The fourth-order valence-electron chi connectivity index (χ4n) is 9.67. The third kappa shape index (κ3) is 5.25. The predicted molar refractivity (Wildman–Crippen MR) is 256 cm³/mol. The number of pyridine rings is 1. The van der Waals surface area contributed by atoms with Crippen molar-refractivity contribution in [1.82, 2.24) is 24.0 Å². The Morgan fingerprint density at radius 3 is 1.55 bits per heavy atom. The van der Waals surface area contributed by atoms with Crippen LogP contribution in [0.4, 0.5) is 0 Å². The van der Waals surface area contributed by atoms with E-state index < -0.39 is 0 Å². The second kappa shape index (κ2) is 13.6. The lowest BCUT2D eigenvalue weighted by Crippen LogP contribution is -1.97. The Bertz CT molecular complexity index is 3760. The normalized spacial score (nSPS) is 11.9. The second-order valence-corrected chi connectivity index (χ2v) is 16.0. The second-order valence-electron chi connectivity index (χ2n) is 16.0. The molecule has 0 aliphatic heterocycles. The minimum absolute atomic E-state index is 0.656. The number of benzene rings is 8. The maximum Gasteiger partial charge on any atom is 0.160 e. The van der Waals surface area contributed by atoms with E-state index in [4.69, 9.17) is 15.1 Å². The van der Waals surface area contributed by atoms with E-state index in [1.807, 2.05) is 6.07 Å². The molecule has 0 aliphatic rings. The molecule has 62 heavy (non-hydrogen) atoms. The van der Waals surface area contributed by atoms with Crippen LogP contribution >= 0.6 is 0 Å². The van der Waals surface area contributed by atoms with Crippen LogP contribution in [0.5, 0.6) is 0 Å². The standard InChI is InChI=1S/C57H35N5/c1-4-17-36(18-5-1)48-35-49(42-32-46-44-27-12-14-29-50(44)61-51-30-15-13-28-45(51)47(33-42)55(46)61)59-57(58-48)41-25-16-24-40(31-41)54-53(38-21-8-3-9-22-38)56-43-26-11-10-23-39(43)34-52(62(56)60-54)37-19-6-2-7-20-37/h1-35H. The SMILES string of the molecule is c1ccc(-c2cc(-c3cc4c5ccccc5n5c6ccccc6c(c3)c45)nc(-c3cccc(-c4nn5c(-c6ccccc6)cc6ccccc6c5c4-c4ccccc4)c3)n2)cc1. The lowest BCUT2D eigenvalue weighted by atomic mass is 9.96. The Balaban J connectivity index is 1.05. The van der Waals surface area contributed by atoms with Crippen LogP contribution in [-0.4, -0.2) is 24.0 Å². The zero-order valence-corrected chi connectivity index (χ0v) is 33.4. The van der Waals surface area contributed by atoms with Crippen LogP contribution in [0.2, 0.25) is 0 Å². The molecule has 5 aromatic heterocycles. The predicted octanol–water partition coefficient (Wildman–Crippen LogP) is 14.4. The summed E-state index contributed by atoms with van der Waals surface area (Å²) >= 11 is 0. The van der Waals surface area contributed by atoms with Crippen molar-refractivity contribution < 1.29 is 0 Å². The van der Waals surface area contributed by atoms with Gasteiger partial charge in [0.05, 0.1) is 39.1 Å². The van der Waals surface area contributed by atoms with E-state index in [2.05, 4.69) is 215 Å². The van der Waals surface area contributed by atoms with Gasteiger partial charge in [-0.25, -0.2) is 14.5 Å². The first-order valence-corrected chi connectivity index (χ1v) is 21.0. The summed E-state index contributed by atoms with van der Waals surface area (Å²) in [5.41, 5.74) is 15.7.